The molecule has 1 N–H and O–H groups in total. The third-order valence-corrected chi connectivity index (χ3v) is 5.53. The zero-order chi connectivity index (χ0) is 14.5. The van der Waals surface area contributed by atoms with Gasteiger partial charge in [0.1, 0.15) is 5.76 Å². The van der Waals surface area contributed by atoms with Crippen LogP contribution in [-0.4, -0.2) is 11.8 Å². The standard InChI is InChI=1S/C18H23NOS/c1-2-19-18-16-10-4-3-7-14(16)8-5-11-17(18)21-13-15-9-6-12-20-15/h3-4,6-7,9-10,12,17-19H,2,5,8,11,13H2,1H3. The molecule has 21 heavy (non-hydrogen) atoms. The molecule has 2 atom stereocenters. The summed E-state index contributed by atoms with van der Waals surface area (Å²) < 4.78 is 5.48. The first kappa shape index (κ1) is 14.7. The molecule has 0 spiro atoms. The number of aryl methyl sites for hydroxylation is 1. The van der Waals surface area contributed by atoms with Gasteiger partial charge in [0.15, 0.2) is 0 Å². The number of fused-ring (bicyclic) bond motifs is 1. The van der Waals surface area contributed by atoms with Gasteiger partial charge >= 0.3 is 0 Å². The second kappa shape index (κ2) is 7.19. The third-order valence-electron chi connectivity index (χ3n) is 4.14. The maximum absolute atomic E-state index is 5.48. The average molecular weight is 301 g/mol. The molecule has 2 aromatic rings. The van der Waals surface area contributed by atoms with E-state index in [0.29, 0.717) is 11.3 Å². The Balaban J connectivity index is 1.78. The normalized spacial score (nSPS) is 21.8. The fourth-order valence-corrected chi connectivity index (χ4v) is 4.46. The van der Waals surface area contributed by atoms with Gasteiger partial charge in [0, 0.05) is 11.3 Å². The average Bonchev–Trinajstić information content (AvgIpc) is 2.96. The highest BCUT2D eigenvalue weighted by Crippen LogP contribution is 2.37. The molecule has 1 aromatic heterocycles. The van der Waals surface area contributed by atoms with E-state index in [1.54, 1.807) is 6.26 Å². The van der Waals surface area contributed by atoms with E-state index in [4.69, 9.17) is 4.42 Å². The second-order valence-corrected chi connectivity index (χ2v) is 6.78. The molecule has 2 nitrogen and oxygen atoms in total. The quantitative estimate of drug-likeness (QED) is 0.819. The number of benzene rings is 1. The molecule has 0 fully saturated rings. The summed E-state index contributed by atoms with van der Waals surface area (Å²) in [5, 5.41) is 4.32. The Bertz CT molecular complexity index is 552. The van der Waals surface area contributed by atoms with E-state index in [1.165, 1.54) is 30.4 Å². The van der Waals surface area contributed by atoms with E-state index < -0.39 is 0 Å². The summed E-state index contributed by atoms with van der Waals surface area (Å²) in [4.78, 5) is 0. The molecular weight excluding hydrogens is 278 g/mol. The molecule has 0 aliphatic heterocycles. The molecular formula is C18H23NOS. The number of hydrogen-bond acceptors (Lipinski definition) is 3. The number of rotatable bonds is 5. The number of hydrogen-bond donors (Lipinski definition) is 1. The molecule has 1 aromatic carbocycles. The lowest BCUT2D eigenvalue weighted by molar-refractivity contribution is 0.511. The predicted molar refractivity (Wildman–Crippen MR) is 89.6 cm³/mol. The fourth-order valence-electron chi connectivity index (χ4n) is 3.15. The summed E-state index contributed by atoms with van der Waals surface area (Å²) in [5.74, 6) is 2.04. The highest BCUT2D eigenvalue weighted by Gasteiger charge is 2.27. The van der Waals surface area contributed by atoms with Crippen LogP contribution in [0.1, 0.15) is 42.7 Å². The van der Waals surface area contributed by atoms with Crippen LogP contribution in [0.5, 0.6) is 0 Å². The van der Waals surface area contributed by atoms with Gasteiger partial charge in [0.25, 0.3) is 0 Å². The first-order valence-corrected chi connectivity index (χ1v) is 8.88. The van der Waals surface area contributed by atoms with E-state index in [-0.39, 0.29) is 0 Å². The van der Waals surface area contributed by atoms with Crippen molar-refractivity contribution in [3.8, 4) is 0 Å². The van der Waals surface area contributed by atoms with Crippen LogP contribution in [0.25, 0.3) is 0 Å². The number of thioether (sulfide) groups is 1. The minimum Gasteiger partial charge on any atom is -0.468 e. The van der Waals surface area contributed by atoms with E-state index in [9.17, 15) is 0 Å². The van der Waals surface area contributed by atoms with E-state index in [2.05, 4.69) is 42.6 Å². The Kier molecular flexibility index (Phi) is 5.04. The number of furan rings is 1. The summed E-state index contributed by atoms with van der Waals surface area (Å²) >= 11 is 2.02. The minimum atomic E-state index is 0.452. The molecule has 0 bridgehead atoms. The van der Waals surface area contributed by atoms with Crippen molar-refractivity contribution in [2.75, 3.05) is 6.54 Å². The van der Waals surface area contributed by atoms with Crippen LogP contribution in [0.15, 0.2) is 47.1 Å². The van der Waals surface area contributed by atoms with Crippen LogP contribution < -0.4 is 5.32 Å². The smallest absolute Gasteiger partial charge is 0.113 e. The Hall–Kier alpha value is -1.19. The van der Waals surface area contributed by atoms with Gasteiger partial charge in [-0.25, -0.2) is 0 Å². The first-order chi connectivity index (χ1) is 10.4. The van der Waals surface area contributed by atoms with Crippen LogP contribution >= 0.6 is 11.8 Å². The zero-order valence-electron chi connectivity index (χ0n) is 12.5. The monoisotopic (exact) mass is 301 g/mol. The minimum absolute atomic E-state index is 0.452. The summed E-state index contributed by atoms with van der Waals surface area (Å²) in [6, 6.07) is 13.4. The lowest BCUT2D eigenvalue weighted by Crippen LogP contribution is -2.30. The summed E-state index contributed by atoms with van der Waals surface area (Å²) in [5.41, 5.74) is 3.01. The Morgan fingerprint density at radius 1 is 1.24 bits per heavy atom. The Labute approximate surface area is 131 Å². The van der Waals surface area contributed by atoms with Gasteiger partial charge in [-0.05, 0) is 49.1 Å². The van der Waals surface area contributed by atoms with Gasteiger partial charge in [-0.1, -0.05) is 31.2 Å². The van der Waals surface area contributed by atoms with Gasteiger partial charge in [-0.3, -0.25) is 0 Å². The maximum atomic E-state index is 5.48. The molecule has 0 saturated heterocycles. The van der Waals surface area contributed by atoms with Crippen molar-refractivity contribution in [1.82, 2.24) is 5.32 Å². The molecule has 1 aliphatic carbocycles. The van der Waals surface area contributed by atoms with E-state index in [0.717, 1.165) is 18.1 Å². The van der Waals surface area contributed by atoms with Crippen molar-refractivity contribution in [3.63, 3.8) is 0 Å². The van der Waals surface area contributed by atoms with Crippen LogP contribution in [-0.2, 0) is 12.2 Å². The largest absolute Gasteiger partial charge is 0.468 e. The SMILES string of the molecule is CCNC1c2ccccc2CCCC1SCc1ccco1. The molecule has 0 amide bonds. The van der Waals surface area contributed by atoms with Crippen molar-refractivity contribution in [2.45, 2.75) is 43.2 Å². The van der Waals surface area contributed by atoms with Crippen molar-refractivity contribution < 1.29 is 4.42 Å². The lowest BCUT2D eigenvalue weighted by atomic mass is 9.99. The van der Waals surface area contributed by atoms with Gasteiger partial charge in [0.2, 0.25) is 0 Å². The molecule has 3 rings (SSSR count). The molecule has 0 saturated carbocycles. The summed E-state index contributed by atoms with van der Waals surface area (Å²) in [6.07, 6.45) is 5.50. The summed E-state index contributed by atoms with van der Waals surface area (Å²) in [7, 11) is 0. The predicted octanol–water partition coefficient (Wildman–Crippen LogP) is 4.57. The molecule has 2 unspecified atom stereocenters. The van der Waals surface area contributed by atoms with Crippen LogP contribution in [0.4, 0.5) is 0 Å². The Morgan fingerprint density at radius 3 is 2.95 bits per heavy atom. The van der Waals surface area contributed by atoms with Crippen LogP contribution in [0.2, 0.25) is 0 Å². The van der Waals surface area contributed by atoms with Crippen molar-refractivity contribution in [1.29, 1.82) is 0 Å². The number of nitrogens with one attached hydrogen (secondary N) is 1. The zero-order valence-corrected chi connectivity index (χ0v) is 13.4. The van der Waals surface area contributed by atoms with Gasteiger partial charge in [-0.2, -0.15) is 0 Å². The second-order valence-electron chi connectivity index (χ2n) is 5.56. The van der Waals surface area contributed by atoms with Gasteiger partial charge in [0.05, 0.1) is 12.0 Å². The van der Waals surface area contributed by atoms with E-state index in [1.807, 2.05) is 17.8 Å². The van der Waals surface area contributed by atoms with Crippen molar-refractivity contribution in [2.24, 2.45) is 0 Å². The van der Waals surface area contributed by atoms with E-state index >= 15 is 0 Å². The molecule has 1 aliphatic rings. The van der Waals surface area contributed by atoms with Crippen LogP contribution in [0, 0.1) is 0 Å². The third kappa shape index (κ3) is 3.53. The summed E-state index contributed by atoms with van der Waals surface area (Å²) in [6.45, 7) is 3.21. The fraction of sp³-hybridized carbons (Fsp3) is 0.444. The Morgan fingerprint density at radius 2 is 2.14 bits per heavy atom. The van der Waals surface area contributed by atoms with Gasteiger partial charge in [-0.15, -0.1) is 11.8 Å². The highest BCUT2D eigenvalue weighted by molar-refractivity contribution is 7.99. The first-order valence-electron chi connectivity index (χ1n) is 7.83. The van der Waals surface area contributed by atoms with Crippen molar-refractivity contribution in [3.05, 3.63) is 59.5 Å². The van der Waals surface area contributed by atoms with Gasteiger partial charge < -0.3 is 9.73 Å². The molecule has 112 valence electrons. The van der Waals surface area contributed by atoms with Crippen molar-refractivity contribution >= 4 is 11.8 Å². The highest BCUT2D eigenvalue weighted by atomic mass is 32.2. The molecule has 1 heterocycles. The molecule has 3 heteroatoms. The topological polar surface area (TPSA) is 25.2 Å². The van der Waals surface area contributed by atoms with Crippen LogP contribution in [0.3, 0.4) is 0 Å². The maximum Gasteiger partial charge on any atom is 0.113 e. The molecule has 0 radical (unpaired) electrons. The lowest BCUT2D eigenvalue weighted by Gasteiger charge is -2.27.